The number of nitrogens with zero attached hydrogens (tertiary/aromatic N) is 3. The van der Waals surface area contributed by atoms with Gasteiger partial charge in [0.05, 0.1) is 5.56 Å². The maximum absolute atomic E-state index is 13.7. The summed E-state index contributed by atoms with van der Waals surface area (Å²) in [5.74, 6) is 0.117. The second-order valence-electron chi connectivity index (χ2n) is 11.7. The smallest absolute Gasteiger partial charge is 0.256 e. The average molecular weight is 552 g/mol. The molecule has 0 spiro atoms. The van der Waals surface area contributed by atoms with Gasteiger partial charge < -0.3 is 20.9 Å². The Bertz CT molecular complexity index is 1140. The number of nitrogens with two attached hydrogens (primary N) is 1. The van der Waals surface area contributed by atoms with Crippen molar-refractivity contribution in [1.82, 2.24) is 20.1 Å². The molecule has 2 aliphatic rings. The van der Waals surface area contributed by atoms with Gasteiger partial charge >= 0.3 is 0 Å². The Morgan fingerprint density at radius 2 is 1.75 bits per heavy atom. The molecule has 1 aromatic heterocycles. The van der Waals surface area contributed by atoms with E-state index in [-0.39, 0.29) is 29.7 Å². The molecule has 40 heavy (non-hydrogen) atoms. The van der Waals surface area contributed by atoms with Gasteiger partial charge in [-0.05, 0) is 99.2 Å². The average Bonchev–Trinajstić information content (AvgIpc) is 2.98. The van der Waals surface area contributed by atoms with Crippen LogP contribution in [0.25, 0.3) is 0 Å². The maximum atomic E-state index is 13.7. The van der Waals surface area contributed by atoms with Crippen LogP contribution in [-0.4, -0.2) is 70.8 Å². The van der Waals surface area contributed by atoms with Crippen LogP contribution in [0.3, 0.4) is 0 Å². The Balaban J connectivity index is 1.53. The number of pyridine rings is 1. The molecule has 3 amide bonds. The Morgan fingerprint density at radius 3 is 2.38 bits per heavy atom. The van der Waals surface area contributed by atoms with Crippen LogP contribution < -0.4 is 11.1 Å². The highest BCUT2D eigenvalue weighted by Gasteiger charge is 2.40. The minimum absolute atomic E-state index is 0.190. The van der Waals surface area contributed by atoms with Crippen LogP contribution in [-0.2, 0) is 4.79 Å². The molecule has 0 radical (unpaired) electrons. The van der Waals surface area contributed by atoms with Crippen LogP contribution in [0.15, 0.2) is 48.8 Å². The third kappa shape index (κ3) is 7.44. The summed E-state index contributed by atoms with van der Waals surface area (Å²) in [5, 5.41) is 3.13. The number of amides is 3. The lowest BCUT2D eigenvalue weighted by Gasteiger charge is -2.43. The predicted octanol–water partition coefficient (Wildman–Crippen LogP) is 3.87. The van der Waals surface area contributed by atoms with E-state index < -0.39 is 11.9 Å². The van der Waals surface area contributed by atoms with E-state index in [0.29, 0.717) is 62.0 Å². The number of aromatic nitrogens is 1. The SMILES string of the molecule is CC(C)CN(C(=O)c1ccc(F)cc1)C1CCN(C(=O)c2cccnc2)[C@@H](C(=O)NCC2CCC(CN)CC2)C1. The number of hydrogen-bond acceptors (Lipinski definition) is 5. The Kier molecular flexibility index (Phi) is 10.3. The highest BCUT2D eigenvalue weighted by molar-refractivity contribution is 5.98. The molecule has 3 N–H and O–H groups in total. The molecule has 1 aromatic carbocycles. The zero-order valence-corrected chi connectivity index (χ0v) is 23.6. The number of benzene rings is 1. The number of nitrogens with one attached hydrogen (secondary N) is 1. The molecule has 216 valence electrons. The van der Waals surface area contributed by atoms with Crippen molar-refractivity contribution in [2.45, 2.75) is 64.5 Å². The van der Waals surface area contributed by atoms with Gasteiger partial charge in [-0.1, -0.05) is 13.8 Å². The van der Waals surface area contributed by atoms with Crippen molar-refractivity contribution in [1.29, 1.82) is 0 Å². The molecule has 0 bridgehead atoms. The van der Waals surface area contributed by atoms with Gasteiger partial charge in [0.1, 0.15) is 11.9 Å². The van der Waals surface area contributed by atoms with E-state index >= 15 is 0 Å². The monoisotopic (exact) mass is 551 g/mol. The Hall–Kier alpha value is -3.33. The first kappa shape index (κ1) is 29.6. The summed E-state index contributed by atoms with van der Waals surface area (Å²) < 4.78 is 13.5. The summed E-state index contributed by atoms with van der Waals surface area (Å²) in [4.78, 5) is 48.3. The van der Waals surface area contributed by atoms with Crippen molar-refractivity contribution in [2.75, 3.05) is 26.2 Å². The van der Waals surface area contributed by atoms with Gasteiger partial charge in [0.25, 0.3) is 11.8 Å². The summed E-state index contributed by atoms with van der Waals surface area (Å²) in [7, 11) is 0. The highest BCUT2D eigenvalue weighted by atomic mass is 19.1. The molecule has 1 unspecified atom stereocenters. The van der Waals surface area contributed by atoms with Crippen LogP contribution in [0.1, 0.15) is 73.1 Å². The third-order valence-corrected chi connectivity index (χ3v) is 8.27. The molecule has 1 saturated carbocycles. The van der Waals surface area contributed by atoms with Crippen LogP contribution in [0.5, 0.6) is 0 Å². The molecule has 1 aliphatic heterocycles. The van der Waals surface area contributed by atoms with Gasteiger partial charge in [-0.3, -0.25) is 19.4 Å². The lowest BCUT2D eigenvalue weighted by molar-refractivity contribution is -0.127. The molecule has 9 heteroatoms. The van der Waals surface area contributed by atoms with Crippen LogP contribution in [0.2, 0.25) is 0 Å². The second-order valence-corrected chi connectivity index (χ2v) is 11.7. The number of hydrogen-bond donors (Lipinski definition) is 2. The molecule has 1 saturated heterocycles. The number of rotatable bonds is 9. The van der Waals surface area contributed by atoms with Gasteiger partial charge in [0, 0.05) is 43.6 Å². The van der Waals surface area contributed by atoms with Crippen molar-refractivity contribution >= 4 is 17.7 Å². The predicted molar refractivity (Wildman–Crippen MR) is 152 cm³/mol. The fourth-order valence-corrected chi connectivity index (χ4v) is 5.96. The van der Waals surface area contributed by atoms with Gasteiger partial charge in [0.15, 0.2) is 0 Å². The van der Waals surface area contributed by atoms with Crippen molar-refractivity contribution < 1.29 is 18.8 Å². The van der Waals surface area contributed by atoms with E-state index in [1.807, 2.05) is 13.8 Å². The quantitative estimate of drug-likeness (QED) is 0.492. The first-order chi connectivity index (χ1) is 19.3. The molecule has 1 aliphatic carbocycles. The zero-order chi connectivity index (χ0) is 28.6. The molecular formula is C31H42FN5O3. The second kappa shape index (κ2) is 13.8. The molecule has 4 rings (SSSR count). The summed E-state index contributed by atoms with van der Waals surface area (Å²) in [5.41, 5.74) is 6.67. The normalized spacial score (nSPS) is 23.1. The van der Waals surface area contributed by atoms with Gasteiger partial charge in [-0.2, -0.15) is 0 Å². The lowest BCUT2D eigenvalue weighted by atomic mass is 9.82. The summed E-state index contributed by atoms with van der Waals surface area (Å²) >= 11 is 0. The fraction of sp³-hybridized carbons (Fsp3) is 0.548. The number of halogens is 1. The lowest BCUT2D eigenvalue weighted by Crippen LogP contribution is -2.58. The minimum atomic E-state index is -0.720. The first-order valence-electron chi connectivity index (χ1n) is 14.5. The molecule has 2 fully saturated rings. The number of piperidine rings is 1. The largest absolute Gasteiger partial charge is 0.354 e. The molecule has 2 aromatic rings. The standard InChI is InChI=1S/C31H42FN5O3/c1-21(2)20-37(30(39)24-9-11-26(32)12-10-24)27-13-15-36(31(40)25-4-3-14-34-19-25)28(16-27)29(38)35-18-23-7-5-22(17-33)6-8-23/h3-4,9-12,14,19,21-23,27-28H,5-8,13,15-18,20,33H2,1-2H3,(H,35,38)/t22?,23?,27?,28-/m1/s1. The number of likely N-dealkylation sites (tertiary alicyclic amines) is 1. The number of carbonyl (C=O) groups is 3. The third-order valence-electron chi connectivity index (χ3n) is 8.27. The first-order valence-corrected chi connectivity index (χ1v) is 14.5. The Labute approximate surface area is 236 Å². The topological polar surface area (TPSA) is 109 Å². The maximum Gasteiger partial charge on any atom is 0.256 e. The molecule has 2 heterocycles. The van der Waals surface area contributed by atoms with E-state index in [1.54, 1.807) is 28.1 Å². The zero-order valence-electron chi connectivity index (χ0n) is 23.6. The van der Waals surface area contributed by atoms with Crippen molar-refractivity contribution in [3.8, 4) is 0 Å². The van der Waals surface area contributed by atoms with Gasteiger partial charge in [0.2, 0.25) is 5.91 Å². The molecule has 8 nitrogen and oxygen atoms in total. The summed E-state index contributed by atoms with van der Waals surface area (Å²) in [6.45, 7) is 6.18. The van der Waals surface area contributed by atoms with E-state index in [0.717, 1.165) is 25.7 Å². The van der Waals surface area contributed by atoms with Crippen molar-refractivity contribution in [3.63, 3.8) is 0 Å². The summed E-state index contributed by atoms with van der Waals surface area (Å²) in [6.07, 6.45) is 8.20. The van der Waals surface area contributed by atoms with Crippen LogP contribution in [0.4, 0.5) is 4.39 Å². The highest BCUT2D eigenvalue weighted by Crippen LogP contribution is 2.29. The van der Waals surface area contributed by atoms with E-state index in [2.05, 4.69) is 10.3 Å². The van der Waals surface area contributed by atoms with Crippen LogP contribution >= 0.6 is 0 Å². The van der Waals surface area contributed by atoms with Gasteiger partial charge in [-0.15, -0.1) is 0 Å². The van der Waals surface area contributed by atoms with Gasteiger partial charge in [-0.25, -0.2) is 4.39 Å². The summed E-state index contributed by atoms with van der Waals surface area (Å²) in [6, 6.07) is 8.01. The van der Waals surface area contributed by atoms with E-state index in [1.165, 1.54) is 30.5 Å². The number of carbonyl (C=O) groups excluding carboxylic acids is 3. The van der Waals surface area contributed by atoms with Crippen molar-refractivity contribution in [3.05, 3.63) is 65.7 Å². The van der Waals surface area contributed by atoms with Crippen LogP contribution in [0, 0.1) is 23.6 Å². The van der Waals surface area contributed by atoms with E-state index in [9.17, 15) is 18.8 Å². The minimum Gasteiger partial charge on any atom is -0.354 e. The molecule has 2 atom stereocenters. The van der Waals surface area contributed by atoms with Crippen molar-refractivity contribution in [2.24, 2.45) is 23.5 Å². The van der Waals surface area contributed by atoms with E-state index in [4.69, 9.17) is 5.73 Å². The Morgan fingerprint density at radius 1 is 1.05 bits per heavy atom. The molecular weight excluding hydrogens is 509 g/mol. The fourth-order valence-electron chi connectivity index (χ4n) is 5.96.